The maximum Gasteiger partial charge on any atom is 0.259 e. The summed E-state index contributed by atoms with van der Waals surface area (Å²) in [6, 6.07) is 10.4. The molecule has 0 N–H and O–H groups in total. The third-order valence-corrected chi connectivity index (χ3v) is 5.88. The summed E-state index contributed by atoms with van der Waals surface area (Å²) in [6.45, 7) is 7.85. The summed E-state index contributed by atoms with van der Waals surface area (Å²) in [5, 5.41) is 0. The highest BCUT2D eigenvalue weighted by atomic mass is 16.2. The summed E-state index contributed by atoms with van der Waals surface area (Å²) in [7, 11) is 4.24. The second-order valence-electron chi connectivity index (χ2n) is 8.23. The largest absolute Gasteiger partial charge is 0.356 e. The fourth-order valence-electron chi connectivity index (χ4n) is 4.10. The van der Waals surface area contributed by atoms with E-state index < -0.39 is 0 Å². The van der Waals surface area contributed by atoms with Crippen LogP contribution in [0.5, 0.6) is 0 Å². The van der Waals surface area contributed by atoms with Crippen LogP contribution in [0, 0.1) is 0 Å². The van der Waals surface area contributed by atoms with Gasteiger partial charge in [0.15, 0.2) is 5.82 Å². The van der Waals surface area contributed by atoms with Crippen molar-refractivity contribution in [2.24, 2.45) is 0 Å². The maximum absolute atomic E-state index is 13.4. The van der Waals surface area contributed by atoms with Crippen LogP contribution < -0.4 is 4.90 Å². The SMILES string of the molecule is CCCN(CCC)C(=O)c1cnc(-c2ccccc2)nc1N(C)C1CCN(C)CC1. The van der Waals surface area contributed by atoms with Gasteiger partial charge in [0.1, 0.15) is 11.4 Å². The lowest BCUT2D eigenvalue weighted by Crippen LogP contribution is -2.43. The van der Waals surface area contributed by atoms with Gasteiger partial charge in [-0.05, 0) is 45.8 Å². The molecule has 1 aliphatic rings. The van der Waals surface area contributed by atoms with E-state index in [4.69, 9.17) is 4.98 Å². The summed E-state index contributed by atoms with van der Waals surface area (Å²) in [5.74, 6) is 1.45. The van der Waals surface area contributed by atoms with Crippen molar-refractivity contribution in [2.75, 3.05) is 45.2 Å². The fraction of sp³-hybridized carbons (Fsp3) is 0.542. The van der Waals surface area contributed by atoms with E-state index in [1.165, 1.54) is 0 Å². The highest BCUT2D eigenvalue weighted by Gasteiger charge is 2.27. The van der Waals surface area contributed by atoms with Gasteiger partial charge in [-0.2, -0.15) is 0 Å². The molecule has 1 aromatic carbocycles. The minimum Gasteiger partial charge on any atom is -0.356 e. The molecule has 1 amide bonds. The van der Waals surface area contributed by atoms with E-state index in [0.29, 0.717) is 17.4 Å². The number of hydrogen-bond acceptors (Lipinski definition) is 5. The lowest BCUT2D eigenvalue weighted by atomic mass is 10.0. The zero-order valence-corrected chi connectivity index (χ0v) is 18.8. The van der Waals surface area contributed by atoms with Crippen LogP contribution in [0.25, 0.3) is 11.4 Å². The number of aromatic nitrogens is 2. The fourth-order valence-corrected chi connectivity index (χ4v) is 4.10. The molecule has 0 saturated carbocycles. The van der Waals surface area contributed by atoms with Gasteiger partial charge in [-0.25, -0.2) is 9.97 Å². The Balaban J connectivity index is 1.99. The molecule has 1 saturated heterocycles. The second-order valence-corrected chi connectivity index (χ2v) is 8.23. The van der Waals surface area contributed by atoms with Gasteiger partial charge < -0.3 is 14.7 Å². The molecule has 1 fully saturated rings. The van der Waals surface area contributed by atoms with Gasteiger partial charge in [0.05, 0.1) is 0 Å². The maximum atomic E-state index is 13.4. The molecule has 0 radical (unpaired) electrons. The van der Waals surface area contributed by atoms with Crippen molar-refractivity contribution < 1.29 is 4.79 Å². The standard InChI is InChI=1S/C24H35N5O/c1-5-14-29(15-6-2)24(30)21-18-25-22(19-10-8-7-9-11-19)26-23(21)28(4)20-12-16-27(3)17-13-20/h7-11,18,20H,5-6,12-17H2,1-4H3. The van der Waals surface area contributed by atoms with E-state index in [-0.39, 0.29) is 5.91 Å². The van der Waals surface area contributed by atoms with Crippen LogP contribution in [-0.2, 0) is 0 Å². The monoisotopic (exact) mass is 409 g/mol. The zero-order chi connectivity index (χ0) is 21.5. The zero-order valence-electron chi connectivity index (χ0n) is 18.8. The Hall–Kier alpha value is -2.47. The predicted octanol–water partition coefficient (Wildman–Crippen LogP) is 3.94. The van der Waals surface area contributed by atoms with E-state index in [0.717, 1.165) is 63.2 Å². The molecular formula is C24H35N5O. The van der Waals surface area contributed by atoms with Gasteiger partial charge in [-0.3, -0.25) is 4.79 Å². The van der Waals surface area contributed by atoms with E-state index in [1.807, 2.05) is 35.2 Å². The van der Waals surface area contributed by atoms with Crippen molar-refractivity contribution in [1.82, 2.24) is 19.8 Å². The number of rotatable bonds is 8. The highest BCUT2D eigenvalue weighted by Crippen LogP contribution is 2.27. The molecule has 0 atom stereocenters. The second kappa shape index (κ2) is 10.5. The topological polar surface area (TPSA) is 52.6 Å². The molecule has 6 nitrogen and oxygen atoms in total. The minimum atomic E-state index is 0.0353. The van der Waals surface area contributed by atoms with Crippen LogP contribution in [0.2, 0.25) is 0 Å². The van der Waals surface area contributed by atoms with Crippen molar-refractivity contribution >= 4 is 11.7 Å². The number of carbonyl (C=O) groups is 1. The Morgan fingerprint density at radius 2 is 1.73 bits per heavy atom. The Kier molecular flexibility index (Phi) is 7.80. The van der Waals surface area contributed by atoms with Gasteiger partial charge in [0, 0.05) is 37.9 Å². The van der Waals surface area contributed by atoms with Crippen LogP contribution in [0.4, 0.5) is 5.82 Å². The third-order valence-electron chi connectivity index (χ3n) is 5.88. The van der Waals surface area contributed by atoms with E-state index in [9.17, 15) is 4.79 Å². The Labute approximate surface area is 180 Å². The summed E-state index contributed by atoms with van der Waals surface area (Å²) in [5.41, 5.74) is 1.58. The first kappa shape index (κ1) is 22.2. The van der Waals surface area contributed by atoms with E-state index in [1.54, 1.807) is 6.20 Å². The smallest absolute Gasteiger partial charge is 0.259 e. The summed E-state index contributed by atoms with van der Waals surface area (Å²) in [4.78, 5) is 29.4. The van der Waals surface area contributed by atoms with E-state index >= 15 is 0 Å². The normalized spacial score (nSPS) is 15.2. The minimum absolute atomic E-state index is 0.0353. The first-order valence-corrected chi connectivity index (χ1v) is 11.2. The van der Waals surface area contributed by atoms with Gasteiger partial charge in [-0.15, -0.1) is 0 Å². The molecule has 2 aromatic rings. The molecule has 3 rings (SSSR count). The van der Waals surface area contributed by atoms with Crippen LogP contribution in [-0.4, -0.2) is 72.0 Å². The Morgan fingerprint density at radius 1 is 1.10 bits per heavy atom. The molecule has 2 heterocycles. The molecule has 6 heteroatoms. The third kappa shape index (κ3) is 5.17. The molecule has 1 aromatic heterocycles. The quantitative estimate of drug-likeness (QED) is 0.661. The number of nitrogens with zero attached hydrogens (tertiary/aromatic N) is 5. The van der Waals surface area contributed by atoms with Crippen LogP contribution in [0.3, 0.4) is 0 Å². The number of anilines is 1. The number of piperidine rings is 1. The first-order chi connectivity index (χ1) is 14.5. The van der Waals surface area contributed by atoms with Gasteiger partial charge in [0.25, 0.3) is 5.91 Å². The number of hydrogen-bond donors (Lipinski definition) is 0. The number of carbonyl (C=O) groups excluding carboxylic acids is 1. The van der Waals surface area contributed by atoms with Gasteiger partial charge in [0.2, 0.25) is 0 Å². The summed E-state index contributed by atoms with van der Waals surface area (Å²) in [6.07, 6.45) is 5.75. The van der Waals surface area contributed by atoms with Crippen molar-refractivity contribution in [3.63, 3.8) is 0 Å². The van der Waals surface area contributed by atoms with Crippen LogP contribution >= 0.6 is 0 Å². The summed E-state index contributed by atoms with van der Waals surface area (Å²) < 4.78 is 0. The molecular weight excluding hydrogens is 374 g/mol. The van der Waals surface area contributed by atoms with Crippen molar-refractivity contribution in [1.29, 1.82) is 0 Å². The highest BCUT2D eigenvalue weighted by molar-refractivity contribution is 5.99. The van der Waals surface area contributed by atoms with Crippen LogP contribution in [0.1, 0.15) is 49.9 Å². The average Bonchev–Trinajstić information content (AvgIpc) is 2.79. The summed E-state index contributed by atoms with van der Waals surface area (Å²) >= 11 is 0. The first-order valence-electron chi connectivity index (χ1n) is 11.2. The number of amides is 1. The molecule has 0 bridgehead atoms. The molecule has 30 heavy (non-hydrogen) atoms. The Bertz CT molecular complexity index is 812. The molecule has 0 spiro atoms. The predicted molar refractivity (Wildman–Crippen MR) is 123 cm³/mol. The lowest BCUT2D eigenvalue weighted by Gasteiger charge is -2.36. The molecule has 162 valence electrons. The van der Waals surface area contributed by atoms with Crippen molar-refractivity contribution in [3.8, 4) is 11.4 Å². The molecule has 0 aliphatic carbocycles. The Morgan fingerprint density at radius 3 is 2.33 bits per heavy atom. The van der Waals surface area contributed by atoms with Gasteiger partial charge >= 0.3 is 0 Å². The van der Waals surface area contributed by atoms with Gasteiger partial charge in [-0.1, -0.05) is 44.2 Å². The lowest BCUT2D eigenvalue weighted by molar-refractivity contribution is 0.0755. The average molecular weight is 410 g/mol. The van der Waals surface area contributed by atoms with Crippen molar-refractivity contribution in [2.45, 2.75) is 45.6 Å². The van der Waals surface area contributed by atoms with E-state index in [2.05, 4.69) is 42.7 Å². The molecule has 1 aliphatic heterocycles. The number of likely N-dealkylation sites (tertiary alicyclic amines) is 1. The van der Waals surface area contributed by atoms with Crippen LogP contribution in [0.15, 0.2) is 36.5 Å². The molecule has 0 unspecified atom stereocenters. The number of benzene rings is 1. The van der Waals surface area contributed by atoms with Crippen molar-refractivity contribution in [3.05, 3.63) is 42.1 Å².